The lowest BCUT2D eigenvalue weighted by Gasteiger charge is -2.43. The second-order valence-corrected chi connectivity index (χ2v) is 11.0. The minimum absolute atomic E-state index is 0.0398. The molecule has 3 rings (SSSR count). The molecule has 2 saturated heterocycles. The first kappa shape index (κ1) is 27.0. The third-order valence-corrected chi connectivity index (χ3v) is 9.28. The molecule has 0 spiro atoms. The number of unbranched alkanes of at least 4 members (excludes halogenated alkanes) is 1. The zero-order valence-electron chi connectivity index (χ0n) is 20.4. The molecule has 2 aliphatic heterocycles. The first-order valence-electron chi connectivity index (χ1n) is 12.1. The lowest BCUT2D eigenvalue weighted by Crippen LogP contribution is -2.64. The first-order chi connectivity index (χ1) is 16.8. The Hall–Kier alpha value is -2.57. The van der Waals surface area contributed by atoms with E-state index in [0.29, 0.717) is 19.7 Å². The third kappa shape index (κ3) is 5.81. The van der Waals surface area contributed by atoms with Crippen molar-refractivity contribution in [2.45, 2.75) is 44.3 Å². The summed E-state index contributed by atoms with van der Waals surface area (Å²) in [6, 6.07) is 7.73. The van der Waals surface area contributed by atoms with Crippen LogP contribution in [-0.2, 0) is 19.6 Å². The van der Waals surface area contributed by atoms with Crippen LogP contribution in [0.3, 0.4) is 0 Å². The van der Waals surface area contributed by atoms with Gasteiger partial charge < -0.3 is 19.3 Å². The molecule has 1 aromatic carbocycles. The highest BCUT2D eigenvalue weighted by Crippen LogP contribution is 2.35. The zero-order chi connectivity index (χ0) is 25.5. The average molecular weight is 513 g/mol. The van der Waals surface area contributed by atoms with Crippen molar-refractivity contribution in [2.24, 2.45) is 0 Å². The van der Waals surface area contributed by atoms with Gasteiger partial charge >= 0.3 is 6.09 Å². The molecule has 0 aromatic heterocycles. The lowest BCUT2D eigenvalue weighted by molar-refractivity contribution is -0.133. The molecule has 2 amide bonds. The molecule has 196 valence electrons. The molecule has 1 aromatic rings. The van der Waals surface area contributed by atoms with Gasteiger partial charge in [-0.1, -0.05) is 13.3 Å². The second-order valence-electron chi connectivity index (χ2n) is 8.71. The van der Waals surface area contributed by atoms with Crippen molar-refractivity contribution < 1.29 is 32.7 Å². The summed E-state index contributed by atoms with van der Waals surface area (Å²) in [5.41, 5.74) is 2.51. The highest BCUT2D eigenvalue weighted by molar-refractivity contribution is 7.91. The van der Waals surface area contributed by atoms with Gasteiger partial charge in [-0.2, -0.15) is 4.31 Å². The van der Waals surface area contributed by atoms with Gasteiger partial charge in [-0.05, 0) is 50.5 Å². The fraction of sp³-hybridized carbons (Fsp3) is 0.652. The van der Waals surface area contributed by atoms with Gasteiger partial charge in [0.05, 0.1) is 13.2 Å². The number of sulfonamides is 1. The van der Waals surface area contributed by atoms with E-state index >= 15 is 0 Å². The Labute approximate surface area is 207 Å². The molecule has 11 nitrogen and oxygen atoms in total. The number of hydroxylamine groups is 1. The predicted octanol–water partition coefficient (Wildman–Crippen LogP) is 1.81. The molecule has 12 heteroatoms. The van der Waals surface area contributed by atoms with Gasteiger partial charge in [-0.3, -0.25) is 10.0 Å². The van der Waals surface area contributed by atoms with Crippen LogP contribution in [0.25, 0.3) is 0 Å². The van der Waals surface area contributed by atoms with Crippen molar-refractivity contribution in [2.75, 3.05) is 57.4 Å². The smallest absolute Gasteiger partial charge is 0.409 e. The minimum Gasteiger partial charge on any atom is -0.494 e. The fourth-order valence-corrected chi connectivity index (χ4v) is 6.61. The van der Waals surface area contributed by atoms with Crippen LogP contribution >= 0.6 is 0 Å². The largest absolute Gasteiger partial charge is 0.494 e. The molecule has 0 atom stereocenters. The maximum Gasteiger partial charge on any atom is 0.409 e. The predicted molar refractivity (Wildman–Crippen MR) is 130 cm³/mol. The van der Waals surface area contributed by atoms with Crippen molar-refractivity contribution in [3.8, 4) is 5.75 Å². The molecule has 0 radical (unpaired) electrons. The fourth-order valence-electron chi connectivity index (χ4n) is 4.49. The van der Waals surface area contributed by atoms with E-state index in [9.17, 15) is 23.2 Å². The molecule has 35 heavy (non-hydrogen) atoms. The molecule has 2 heterocycles. The first-order valence-corrected chi connectivity index (χ1v) is 13.6. The van der Waals surface area contributed by atoms with Gasteiger partial charge in [0.25, 0.3) is 5.91 Å². The number of carbonyl (C=O) groups excluding carboxylic acids is 2. The highest BCUT2D eigenvalue weighted by Gasteiger charge is 2.55. The Kier molecular flexibility index (Phi) is 9.20. The van der Waals surface area contributed by atoms with E-state index in [-0.39, 0.29) is 45.6 Å². The molecule has 0 aliphatic carbocycles. The number of ether oxygens (including phenoxy) is 2. The highest BCUT2D eigenvalue weighted by atomic mass is 32.2. The van der Waals surface area contributed by atoms with E-state index in [1.165, 1.54) is 9.21 Å². The van der Waals surface area contributed by atoms with Crippen LogP contribution in [-0.4, -0.2) is 92.1 Å². The van der Waals surface area contributed by atoms with Crippen LogP contribution in [0, 0.1) is 0 Å². The topological polar surface area (TPSA) is 129 Å². The molecule has 0 saturated carbocycles. The van der Waals surface area contributed by atoms with Crippen LogP contribution in [0.15, 0.2) is 24.3 Å². The number of nitrogens with one attached hydrogen (secondary N) is 1. The van der Waals surface area contributed by atoms with Gasteiger partial charge in [-0.25, -0.2) is 18.7 Å². The number of anilines is 1. The van der Waals surface area contributed by atoms with E-state index in [0.717, 1.165) is 24.3 Å². The van der Waals surface area contributed by atoms with Crippen molar-refractivity contribution in [3.05, 3.63) is 24.3 Å². The maximum atomic E-state index is 13.7. The van der Waals surface area contributed by atoms with E-state index < -0.39 is 26.8 Å². The van der Waals surface area contributed by atoms with Gasteiger partial charge in [0.15, 0.2) is 4.75 Å². The summed E-state index contributed by atoms with van der Waals surface area (Å²) >= 11 is 0. The summed E-state index contributed by atoms with van der Waals surface area (Å²) in [5, 5.41) is 9.35. The number of piperidine rings is 1. The monoisotopic (exact) mass is 512 g/mol. The number of rotatable bonds is 9. The van der Waals surface area contributed by atoms with E-state index in [2.05, 4.69) is 11.8 Å². The van der Waals surface area contributed by atoms with Gasteiger partial charge in [0, 0.05) is 45.0 Å². The van der Waals surface area contributed by atoms with Crippen LogP contribution in [0.1, 0.15) is 39.5 Å². The molecule has 2 N–H and O–H groups in total. The molecule has 2 fully saturated rings. The molecule has 2 aliphatic rings. The van der Waals surface area contributed by atoms with Crippen LogP contribution in [0.4, 0.5) is 10.5 Å². The van der Waals surface area contributed by atoms with E-state index in [1.807, 2.05) is 24.3 Å². The summed E-state index contributed by atoms with van der Waals surface area (Å²) in [5.74, 6) is -0.170. The van der Waals surface area contributed by atoms with Gasteiger partial charge in [0.1, 0.15) is 5.75 Å². The summed E-state index contributed by atoms with van der Waals surface area (Å²) in [6.45, 7) is 6.08. The van der Waals surface area contributed by atoms with Crippen LogP contribution in [0.2, 0.25) is 0 Å². The van der Waals surface area contributed by atoms with Crippen molar-refractivity contribution >= 4 is 27.7 Å². The number of nitrogens with zero attached hydrogens (tertiary/aromatic N) is 3. The van der Waals surface area contributed by atoms with E-state index in [4.69, 9.17) is 9.47 Å². The molecule has 0 bridgehead atoms. The van der Waals surface area contributed by atoms with Crippen LogP contribution < -0.4 is 15.1 Å². The Morgan fingerprint density at radius 1 is 1.03 bits per heavy atom. The number of amides is 2. The Bertz CT molecular complexity index is 955. The molecule has 0 unspecified atom stereocenters. The molecular weight excluding hydrogens is 476 g/mol. The Morgan fingerprint density at radius 3 is 2.20 bits per heavy atom. The minimum atomic E-state index is -4.11. The third-order valence-electron chi connectivity index (χ3n) is 6.65. The average Bonchev–Trinajstić information content (AvgIpc) is 2.89. The zero-order valence-corrected chi connectivity index (χ0v) is 21.3. The summed E-state index contributed by atoms with van der Waals surface area (Å²) in [7, 11) is -4.11. The normalized spacial score (nSPS) is 18.7. The number of likely N-dealkylation sites (tertiary alicyclic amines) is 1. The van der Waals surface area contributed by atoms with Crippen molar-refractivity contribution in [1.82, 2.24) is 14.7 Å². The SMILES string of the molecule is CCCCOc1ccc(N2CCN(S(=O)(=O)C3(C(=O)NO)CCN(C(=O)OCC)CC3)CC2)cc1. The number of hydrogen-bond donors (Lipinski definition) is 2. The Balaban J connectivity index is 1.66. The summed E-state index contributed by atoms with van der Waals surface area (Å²) < 4.78 is 37.5. The van der Waals surface area contributed by atoms with Gasteiger partial charge in [-0.15, -0.1) is 0 Å². The van der Waals surface area contributed by atoms with Crippen molar-refractivity contribution in [1.29, 1.82) is 0 Å². The number of hydrogen-bond acceptors (Lipinski definition) is 8. The maximum absolute atomic E-state index is 13.7. The standard InChI is InChI=1S/C23H36N4O7S/c1-3-5-18-34-20-8-6-19(7-9-20)25-14-16-27(17-15-25)35(31,32)23(21(28)24-30)10-12-26(13-11-23)22(29)33-4-2/h6-9,30H,3-5,10-18H2,1-2H3,(H,24,28). The lowest BCUT2D eigenvalue weighted by atomic mass is 9.95. The molecular formula is C23H36N4O7S. The summed E-state index contributed by atoms with van der Waals surface area (Å²) in [4.78, 5) is 28.2. The Morgan fingerprint density at radius 2 is 1.66 bits per heavy atom. The van der Waals surface area contributed by atoms with Gasteiger partial charge in [0.2, 0.25) is 10.0 Å². The number of piperazine rings is 1. The van der Waals surface area contributed by atoms with Crippen LogP contribution in [0.5, 0.6) is 5.75 Å². The summed E-state index contributed by atoms with van der Waals surface area (Å²) in [6.07, 6.45) is 1.27. The van der Waals surface area contributed by atoms with Crippen molar-refractivity contribution in [3.63, 3.8) is 0 Å². The number of benzene rings is 1. The van der Waals surface area contributed by atoms with E-state index in [1.54, 1.807) is 12.4 Å². The quantitative estimate of drug-likeness (QED) is 0.291. The second kappa shape index (κ2) is 11.9. The number of carbonyl (C=O) groups is 2.